The van der Waals surface area contributed by atoms with E-state index >= 15 is 0 Å². The van der Waals surface area contributed by atoms with Gasteiger partial charge in [0.2, 0.25) is 0 Å². The molecule has 0 amide bonds. The first-order chi connectivity index (χ1) is 14.5. The average Bonchev–Trinajstić information content (AvgIpc) is 2.76. The number of nitrogens with one attached hydrogen (secondary N) is 2. The van der Waals surface area contributed by atoms with Crippen molar-refractivity contribution < 1.29 is 19.0 Å². The summed E-state index contributed by atoms with van der Waals surface area (Å²) in [6, 6.07) is 14.9. The number of carbonyl (C=O) groups is 1. The summed E-state index contributed by atoms with van der Waals surface area (Å²) in [7, 11) is 1.58. The van der Waals surface area contributed by atoms with Crippen LogP contribution in [0, 0.1) is 0 Å². The molecule has 2 aromatic rings. The first-order valence-corrected chi connectivity index (χ1v) is 9.85. The van der Waals surface area contributed by atoms with Gasteiger partial charge in [-0.2, -0.15) is 0 Å². The van der Waals surface area contributed by atoms with Crippen molar-refractivity contribution >= 4 is 23.3 Å². The van der Waals surface area contributed by atoms with Gasteiger partial charge in [-0.1, -0.05) is 49.1 Å². The Balaban J connectivity index is 1.87. The van der Waals surface area contributed by atoms with Gasteiger partial charge in [-0.25, -0.2) is 4.79 Å². The van der Waals surface area contributed by atoms with Gasteiger partial charge in [-0.05, 0) is 42.4 Å². The topological polar surface area (TPSA) is 68.8 Å². The zero-order chi connectivity index (χ0) is 21.5. The third-order valence-corrected chi connectivity index (χ3v) is 4.80. The van der Waals surface area contributed by atoms with Crippen LogP contribution in [0.3, 0.4) is 0 Å². The van der Waals surface area contributed by atoms with E-state index in [9.17, 15) is 4.79 Å². The number of methoxy groups -OCH3 is 1. The van der Waals surface area contributed by atoms with E-state index in [1.54, 1.807) is 14.0 Å². The Kier molecular flexibility index (Phi) is 7.08. The van der Waals surface area contributed by atoms with Crippen molar-refractivity contribution in [1.29, 1.82) is 0 Å². The Morgan fingerprint density at radius 2 is 1.97 bits per heavy atom. The van der Waals surface area contributed by atoms with Crippen molar-refractivity contribution in [2.45, 2.75) is 19.6 Å². The minimum atomic E-state index is -0.479. The number of esters is 1. The fourth-order valence-corrected chi connectivity index (χ4v) is 3.42. The Bertz CT molecular complexity index is 972. The number of hydrogen-bond acceptors (Lipinski definition) is 5. The van der Waals surface area contributed by atoms with E-state index in [0.29, 0.717) is 34.5 Å². The number of thiocarbonyl (C=S) groups is 1. The molecule has 2 N–H and O–H groups in total. The number of carbonyl (C=O) groups excluding carboxylic acids is 1. The number of hydrogen-bond donors (Lipinski definition) is 2. The molecule has 1 unspecified atom stereocenters. The molecule has 156 valence electrons. The highest BCUT2D eigenvalue weighted by molar-refractivity contribution is 7.80. The van der Waals surface area contributed by atoms with Gasteiger partial charge in [0.15, 0.2) is 16.6 Å². The summed E-state index contributed by atoms with van der Waals surface area (Å²) in [5, 5.41) is 6.55. The molecule has 7 heteroatoms. The zero-order valence-corrected chi connectivity index (χ0v) is 17.8. The van der Waals surface area contributed by atoms with Gasteiger partial charge >= 0.3 is 5.97 Å². The van der Waals surface area contributed by atoms with Crippen LogP contribution in [-0.4, -0.2) is 24.8 Å². The number of allylic oxidation sites excluding steroid dienone is 1. The van der Waals surface area contributed by atoms with Crippen molar-refractivity contribution in [3.63, 3.8) is 0 Å². The monoisotopic (exact) mass is 424 g/mol. The minimum Gasteiger partial charge on any atom is -0.493 e. The van der Waals surface area contributed by atoms with Gasteiger partial charge in [0.05, 0.1) is 18.7 Å². The Hall–Kier alpha value is -3.32. The molecule has 0 aliphatic carbocycles. The van der Waals surface area contributed by atoms with Crippen molar-refractivity contribution in [2.24, 2.45) is 0 Å². The van der Waals surface area contributed by atoms with Crippen LogP contribution in [0.1, 0.15) is 24.1 Å². The van der Waals surface area contributed by atoms with Gasteiger partial charge < -0.3 is 24.8 Å². The summed E-state index contributed by atoms with van der Waals surface area (Å²) in [6.45, 7) is 5.92. The van der Waals surface area contributed by atoms with Crippen LogP contribution in [0.15, 0.2) is 72.5 Å². The lowest BCUT2D eigenvalue weighted by Gasteiger charge is -2.30. The lowest BCUT2D eigenvalue weighted by atomic mass is 9.95. The van der Waals surface area contributed by atoms with Gasteiger partial charge in [-0.3, -0.25) is 0 Å². The quantitative estimate of drug-likeness (QED) is 0.380. The van der Waals surface area contributed by atoms with Crippen molar-refractivity contribution in [2.75, 3.05) is 13.7 Å². The van der Waals surface area contributed by atoms with Crippen molar-refractivity contribution in [1.82, 2.24) is 10.6 Å². The standard InChI is InChI=1S/C23H24N2O4S/c1-4-12-28-22(26)20-15(2)24-23(30)25-21(20)17-10-11-18(19(13-17)27-3)29-14-16-8-6-5-7-9-16/h4-11,13,21H,1,12,14H2,2-3H3,(H2,24,25,30). The number of benzene rings is 2. The summed E-state index contributed by atoms with van der Waals surface area (Å²) < 4.78 is 16.7. The molecular weight excluding hydrogens is 400 g/mol. The highest BCUT2D eigenvalue weighted by atomic mass is 32.1. The Morgan fingerprint density at radius 3 is 2.67 bits per heavy atom. The molecule has 3 rings (SSSR count). The third-order valence-electron chi connectivity index (χ3n) is 4.58. The van der Waals surface area contributed by atoms with Crippen LogP contribution in [0.2, 0.25) is 0 Å². The zero-order valence-electron chi connectivity index (χ0n) is 16.9. The molecule has 1 aliphatic heterocycles. The maximum atomic E-state index is 12.6. The molecular formula is C23H24N2O4S. The molecule has 0 radical (unpaired) electrons. The van der Waals surface area contributed by atoms with E-state index in [4.69, 9.17) is 26.4 Å². The van der Waals surface area contributed by atoms with E-state index in [1.165, 1.54) is 6.08 Å². The molecule has 0 spiro atoms. The normalized spacial score (nSPS) is 15.7. The van der Waals surface area contributed by atoms with Crippen LogP contribution in [-0.2, 0) is 16.1 Å². The number of ether oxygens (including phenoxy) is 3. The molecule has 0 fully saturated rings. The summed E-state index contributed by atoms with van der Waals surface area (Å²) in [6.07, 6.45) is 1.53. The van der Waals surface area contributed by atoms with E-state index in [2.05, 4.69) is 17.2 Å². The van der Waals surface area contributed by atoms with E-state index < -0.39 is 12.0 Å². The largest absolute Gasteiger partial charge is 0.493 e. The molecule has 2 aromatic carbocycles. The summed E-state index contributed by atoms with van der Waals surface area (Å²) in [4.78, 5) is 12.6. The molecule has 1 heterocycles. The van der Waals surface area contributed by atoms with Crippen molar-refractivity contribution in [3.05, 3.63) is 83.6 Å². The van der Waals surface area contributed by atoms with Crippen LogP contribution >= 0.6 is 12.2 Å². The molecule has 1 aliphatic rings. The van der Waals surface area contributed by atoms with E-state index in [0.717, 1.165) is 11.1 Å². The molecule has 30 heavy (non-hydrogen) atoms. The molecule has 1 atom stereocenters. The Morgan fingerprint density at radius 1 is 1.20 bits per heavy atom. The first kappa shape index (κ1) is 21.4. The van der Waals surface area contributed by atoms with E-state index in [-0.39, 0.29) is 6.61 Å². The minimum absolute atomic E-state index is 0.127. The highest BCUT2D eigenvalue weighted by Crippen LogP contribution is 2.35. The second-order valence-corrected chi connectivity index (χ2v) is 7.05. The Labute approximate surface area is 181 Å². The first-order valence-electron chi connectivity index (χ1n) is 9.44. The van der Waals surface area contributed by atoms with Crippen LogP contribution in [0.25, 0.3) is 0 Å². The summed E-state index contributed by atoms with van der Waals surface area (Å²) in [5.74, 6) is 0.729. The molecule has 0 aromatic heterocycles. The summed E-state index contributed by atoms with van der Waals surface area (Å²) in [5.41, 5.74) is 2.94. The SMILES string of the molecule is C=CCOC(=O)C1=C(C)NC(=S)NC1c1ccc(OCc2ccccc2)c(OC)c1. The maximum Gasteiger partial charge on any atom is 0.338 e. The van der Waals surface area contributed by atoms with Gasteiger partial charge in [0.25, 0.3) is 0 Å². The van der Waals surface area contributed by atoms with Crippen molar-refractivity contribution in [3.8, 4) is 11.5 Å². The molecule has 6 nitrogen and oxygen atoms in total. The average molecular weight is 425 g/mol. The second-order valence-electron chi connectivity index (χ2n) is 6.64. The van der Waals surface area contributed by atoms with Gasteiger partial charge in [0.1, 0.15) is 13.2 Å². The lowest BCUT2D eigenvalue weighted by Crippen LogP contribution is -2.45. The van der Waals surface area contributed by atoms with Crippen LogP contribution < -0.4 is 20.1 Å². The molecule has 0 bridgehead atoms. The predicted octanol–water partition coefficient (Wildman–Crippen LogP) is 3.80. The second kappa shape index (κ2) is 9.93. The number of rotatable bonds is 8. The molecule has 0 saturated carbocycles. The lowest BCUT2D eigenvalue weighted by molar-refractivity contribution is -0.138. The van der Waals surface area contributed by atoms with Crippen LogP contribution in [0.5, 0.6) is 11.5 Å². The van der Waals surface area contributed by atoms with Gasteiger partial charge in [0, 0.05) is 5.70 Å². The smallest absolute Gasteiger partial charge is 0.338 e. The van der Waals surface area contributed by atoms with Gasteiger partial charge in [-0.15, -0.1) is 0 Å². The fourth-order valence-electron chi connectivity index (χ4n) is 3.15. The fraction of sp³-hybridized carbons (Fsp3) is 0.217. The maximum absolute atomic E-state index is 12.6. The van der Waals surface area contributed by atoms with E-state index in [1.807, 2.05) is 48.5 Å². The third kappa shape index (κ3) is 4.99. The summed E-state index contributed by atoms with van der Waals surface area (Å²) >= 11 is 5.29. The predicted molar refractivity (Wildman–Crippen MR) is 119 cm³/mol. The highest BCUT2D eigenvalue weighted by Gasteiger charge is 2.31. The molecule has 0 saturated heterocycles. The van der Waals surface area contributed by atoms with Crippen LogP contribution in [0.4, 0.5) is 0 Å².